The lowest BCUT2D eigenvalue weighted by Crippen LogP contribution is -2.30. The van der Waals surface area contributed by atoms with Crippen LogP contribution in [0.15, 0.2) is 46.9 Å². The Morgan fingerprint density at radius 1 is 1.09 bits per heavy atom. The number of halogens is 2. The molecule has 1 N–H and O–H groups in total. The topological polar surface area (TPSA) is 92.8 Å². The third-order valence-corrected chi connectivity index (χ3v) is 7.32. The van der Waals surface area contributed by atoms with Gasteiger partial charge in [0.05, 0.1) is 28.1 Å². The van der Waals surface area contributed by atoms with Crippen LogP contribution in [0.1, 0.15) is 36.5 Å². The van der Waals surface area contributed by atoms with Gasteiger partial charge >= 0.3 is 5.97 Å². The van der Waals surface area contributed by atoms with E-state index in [1.807, 2.05) is 0 Å². The van der Waals surface area contributed by atoms with Gasteiger partial charge in [0, 0.05) is 10.2 Å². The van der Waals surface area contributed by atoms with Crippen molar-refractivity contribution in [3.63, 3.8) is 0 Å². The van der Waals surface area contributed by atoms with E-state index in [1.165, 1.54) is 17.0 Å². The summed E-state index contributed by atoms with van der Waals surface area (Å²) in [5, 5.41) is 3.04. The fourth-order valence-corrected chi connectivity index (χ4v) is 4.80. The van der Waals surface area contributed by atoms with Gasteiger partial charge in [-0.2, -0.15) is 0 Å². The number of benzene rings is 2. The number of fused-ring (bicyclic) bond motifs is 1. The predicted molar refractivity (Wildman–Crippen MR) is 127 cm³/mol. The molecule has 3 amide bonds. The fourth-order valence-electron chi connectivity index (χ4n) is 4.38. The monoisotopic (exact) mass is 532 g/mol. The van der Waals surface area contributed by atoms with Crippen LogP contribution in [0.2, 0.25) is 5.02 Å². The molecule has 0 radical (unpaired) electrons. The molecular formula is C24H22BrClN2O5. The molecule has 4 rings (SSSR count). The number of esters is 1. The first-order valence-corrected chi connectivity index (χ1v) is 11.8. The summed E-state index contributed by atoms with van der Waals surface area (Å²) in [6.45, 7) is 1.63. The molecule has 1 saturated carbocycles. The molecule has 1 saturated heterocycles. The summed E-state index contributed by atoms with van der Waals surface area (Å²) in [5.41, 5.74) is 1.13. The van der Waals surface area contributed by atoms with Crippen LogP contribution in [-0.4, -0.2) is 30.3 Å². The Balaban J connectivity index is 1.35. The van der Waals surface area contributed by atoms with Crippen molar-refractivity contribution in [2.45, 2.75) is 26.2 Å². The van der Waals surface area contributed by atoms with Crippen molar-refractivity contribution in [2.24, 2.45) is 17.8 Å². The number of imide groups is 1. The highest BCUT2D eigenvalue weighted by Crippen LogP contribution is 2.42. The van der Waals surface area contributed by atoms with Crippen LogP contribution in [0.25, 0.3) is 0 Å². The minimum atomic E-state index is -0.688. The average molecular weight is 534 g/mol. The summed E-state index contributed by atoms with van der Waals surface area (Å²) < 4.78 is 5.77. The number of amides is 3. The summed E-state index contributed by atoms with van der Waals surface area (Å²) >= 11 is 9.26. The second-order valence-corrected chi connectivity index (χ2v) is 9.70. The molecule has 9 heteroatoms. The van der Waals surface area contributed by atoms with Gasteiger partial charge < -0.3 is 10.1 Å². The number of nitrogens with zero attached hydrogens (tertiary/aromatic N) is 1. The molecule has 172 valence electrons. The maximum Gasteiger partial charge on any atom is 0.338 e. The van der Waals surface area contributed by atoms with Gasteiger partial charge in [-0.25, -0.2) is 4.79 Å². The first-order valence-electron chi connectivity index (χ1n) is 10.6. The SMILES string of the molecule is C[C@@H]1CC[C@@H]2C(=O)N(c3ccc(C(=O)OCC(=O)Nc4ccc(Br)c(Cl)c4)cc3)C(=O)[C@H]2C1. The van der Waals surface area contributed by atoms with E-state index in [2.05, 4.69) is 28.2 Å². The molecule has 1 heterocycles. The molecule has 3 atom stereocenters. The Morgan fingerprint density at radius 2 is 1.79 bits per heavy atom. The van der Waals surface area contributed by atoms with Gasteiger partial charge in [0.1, 0.15) is 0 Å². The van der Waals surface area contributed by atoms with E-state index >= 15 is 0 Å². The van der Waals surface area contributed by atoms with Gasteiger partial charge in [-0.15, -0.1) is 0 Å². The maximum atomic E-state index is 12.8. The van der Waals surface area contributed by atoms with E-state index in [4.69, 9.17) is 16.3 Å². The Kier molecular flexibility index (Phi) is 6.86. The van der Waals surface area contributed by atoms with Gasteiger partial charge in [0.2, 0.25) is 11.8 Å². The summed E-state index contributed by atoms with van der Waals surface area (Å²) in [4.78, 5) is 51.3. The lowest BCUT2D eigenvalue weighted by Gasteiger charge is -2.25. The van der Waals surface area contributed by atoms with Gasteiger partial charge in [0.15, 0.2) is 6.61 Å². The number of rotatable bonds is 5. The highest BCUT2D eigenvalue weighted by molar-refractivity contribution is 9.10. The lowest BCUT2D eigenvalue weighted by molar-refractivity contribution is -0.122. The van der Waals surface area contributed by atoms with Crippen LogP contribution in [0.4, 0.5) is 11.4 Å². The number of carbonyl (C=O) groups is 4. The Bertz CT molecular complexity index is 1120. The molecule has 0 spiro atoms. The zero-order chi connectivity index (χ0) is 23.7. The summed E-state index contributed by atoms with van der Waals surface area (Å²) in [7, 11) is 0. The van der Waals surface area contributed by atoms with Gasteiger partial charge in [0.25, 0.3) is 5.91 Å². The zero-order valence-electron chi connectivity index (χ0n) is 17.8. The number of ether oxygens (including phenoxy) is 1. The first-order chi connectivity index (χ1) is 15.7. The van der Waals surface area contributed by atoms with Gasteiger partial charge in [-0.05, 0) is 83.6 Å². The van der Waals surface area contributed by atoms with E-state index in [0.717, 1.165) is 19.3 Å². The highest BCUT2D eigenvalue weighted by Gasteiger charge is 2.49. The normalized spacial score (nSPS) is 22.2. The smallest absolute Gasteiger partial charge is 0.338 e. The van der Waals surface area contributed by atoms with Crippen LogP contribution in [0, 0.1) is 17.8 Å². The highest BCUT2D eigenvalue weighted by atomic mass is 79.9. The average Bonchev–Trinajstić information content (AvgIpc) is 3.04. The molecule has 0 bridgehead atoms. The molecule has 1 aliphatic heterocycles. The van der Waals surface area contributed by atoms with Crippen molar-refractivity contribution in [3.8, 4) is 0 Å². The second-order valence-electron chi connectivity index (χ2n) is 8.44. The number of nitrogens with one attached hydrogen (secondary N) is 1. The van der Waals surface area contributed by atoms with Crippen LogP contribution >= 0.6 is 27.5 Å². The van der Waals surface area contributed by atoms with E-state index in [9.17, 15) is 19.2 Å². The quantitative estimate of drug-likeness (QED) is 0.439. The van der Waals surface area contributed by atoms with Crippen molar-refractivity contribution in [2.75, 3.05) is 16.8 Å². The van der Waals surface area contributed by atoms with E-state index in [1.54, 1.807) is 30.3 Å². The zero-order valence-corrected chi connectivity index (χ0v) is 20.2. The van der Waals surface area contributed by atoms with Crippen molar-refractivity contribution >= 4 is 62.6 Å². The third kappa shape index (κ3) is 4.96. The van der Waals surface area contributed by atoms with Crippen molar-refractivity contribution in [1.29, 1.82) is 0 Å². The molecule has 2 fully saturated rings. The third-order valence-electron chi connectivity index (χ3n) is 6.09. The molecule has 7 nitrogen and oxygen atoms in total. The van der Waals surface area contributed by atoms with Crippen LogP contribution in [0.3, 0.4) is 0 Å². The standard InChI is InChI=1S/C24H22BrClN2O5/c1-13-2-8-17-18(10-13)23(31)28(22(17)30)16-6-3-14(4-7-16)24(32)33-12-21(29)27-15-5-9-19(25)20(26)11-15/h3-7,9,11,13,17-18H,2,8,10,12H2,1H3,(H,27,29)/t13-,17+,18+/m1/s1. The number of hydrogen-bond acceptors (Lipinski definition) is 5. The summed E-state index contributed by atoms with van der Waals surface area (Å²) in [5.74, 6) is -1.62. The molecule has 2 aliphatic rings. The Labute approximate surface area is 204 Å². The van der Waals surface area contributed by atoms with Gasteiger partial charge in [-0.3, -0.25) is 19.3 Å². The maximum absolute atomic E-state index is 12.8. The van der Waals surface area contributed by atoms with Crippen molar-refractivity contribution in [1.82, 2.24) is 0 Å². The lowest BCUT2D eigenvalue weighted by atomic mass is 9.76. The predicted octanol–water partition coefficient (Wildman–Crippen LogP) is 4.82. The van der Waals surface area contributed by atoms with E-state index < -0.39 is 18.5 Å². The number of carbonyl (C=O) groups excluding carboxylic acids is 4. The fraction of sp³-hybridized carbons (Fsp3) is 0.333. The van der Waals surface area contributed by atoms with Crippen LogP contribution in [-0.2, 0) is 19.1 Å². The molecule has 2 aromatic rings. The van der Waals surface area contributed by atoms with Crippen molar-refractivity contribution in [3.05, 3.63) is 57.5 Å². The van der Waals surface area contributed by atoms with Crippen LogP contribution < -0.4 is 10.2 Å². The van der Waals surface area contributed by atoms with E-state index in [0.29, 0.717) is 26.8 Å². The van der Waals surface area contributed by atoms with E-state index in [-0.39, 0.29) is 29.2 Å². The van der Waals surface area contributed by atoms with Gasteiger partial charge in [-0.1, -0.05) is 18.5 Å². The molecular weight excluding hydrogens is 512 g/mol. The summed E-state index contributed by atoms with van der Waals surface area (Å²) in [6, 6.07) is 11.0. The largest absolute Gasteiger partial charge is 0.452 e. The molecule has 0 unspecified atom stereocenters. The molecule has 2 aromatic carbocycles. The second kappa shape index (κ2) is 9.65. The minimum absolute atomic E-state index is 0.169. The number of hydrogen-bond donors (Lipinski definition) is 1. The molecule has 1 aliphatic carbocycles. The first kappa shape index (κ1) is 23.4. The number of anilines is 2. The summed E-state index contributed by atoms with van der Waals surface area (Å²) in [6.07, 6.45) is 2.40. The molecule has 33 heavy (non-hydrogen) atoms. The minimum Gasteiger partial charge on any atom is -0.452 e. The van der Waals surface area contributed by atoms with Crippen LogP contribution in [0.5, 0.6) is 0 Å². The Hall–Kier alpha value is -2.71. The van der Waals surface area contributed by atoms with Crippen molar-refractivity contribution < 1.29 is 23.9 Å². The Morgan fingerprint density at radius 3 is 2.48 bits per heavy atom. The molecule has 0 aromatic heterocycles.